The van der Waals surface area contributed by atoms with E-state index in [0.29, 0.717) is 13.2 Å². The van der Waals surface area contributed by atoms with Crippen molar-refractivity contribution in [3.05, 3.63) is 0 Å². The van der Waals surface area contributed by atoms with Crippen molar-refractivity contribution in [1.29, 1.82) is 0 Å². The second kappa shape index (κ2) is 7.76. The molecule has 84 valence electrons. The zero-order chi connectivity index (χ0) is 11.0. The maximum Gasteiger partial charge on any atom is 0.320 e. The number of likely N-dealkylation sites (N-methyl/N-ethyl adjacent to an activating group) is 2. The van der Waals surface area contributed by atoms with Crippen LogP contribution in [0.3, 0.4) is 0 Å². The molecule has 0 aliphatic rings. The fourth-order valence-corrected chi connectivity index (χ4v) is 1.08. The van der Waals surface area contributed by atoms with Crippen molar-refractivity contribution in [2.45, 2.75) is 13.8 Å². The lowest BCUT2D eigenvalue weighted by atomic mass is 10.4. The van der Waals surface area contributed by atoms with Crippen LogP contribution in [0.1, 0.15) is 13.8 Å². The summed E-state index contributed by atoms with van der Waals surface area (Å²) in [5.41, 5.74) is 0. The van der Waals surface area contributed by atoms with Crippen LogP contribution in [0.2, 0.25) is 0 Å². The van der Waals surface area contributed by atoms with Crippen LogP contribution < -0.4 is 0 Å². The van der Waals surface area contributed by atoms with Gasteiger partial charge in [0.2, 0.25) is 0 Å². The minimum absolute atomic E-state index is 0.131. The molecule has 0 aromatic carbocycles. The molecule has 4 nitrogen and oxygen atoms in total. The molecular weight excluding hydrogens is 180 g/mol. The van der Waals surface area contributed by atoms with Crippen molar-refractivity contribution >= 4 is 5.97 Å². The summed E-state index contributed by atoms with van der Waals surface area (Å²) in [6.07, 6.45) is 0. The van der Waals surface area contributed by atoms with Gasteiger partial charge in [0.05, 0.1) is 13.2 Å². The Hall–Kier alpha value is -0.610. The Labute approximate surface area is 86.8 Å². The Morgan fingerprint density at radius 1 is 1.21 bits per heavy atom. The van der Waals surface area contributed by atoms with Crippen molar-refractivity contribution in [3.8, 4) is 0 Å². The average molecular weight is 202 g/mol. The van der Waals surface area contributed by atoms with Gasteiger partial charge in [-0.1, -0.05) is 6.92 Å². The van der Waals surface area contributed by atoms with Crippen LogP contribution in [-0.2, 0) is 9.53 Å². The molecule has 0 aromatic heterocycles. The fourth-order valence-electron chi connectivity index (χ4n) is 1.08. The van der Waals surface area contributed by atoms with Crippen LogP contribution in [0.25, 0.3) is 0 Å². The highest BCUT2D eigenvalue weighted by Crippen LogP contribution is 1.90. The fraction of sp³-hybridized carbons (Fsp3) is 0.900. The quantitative estimate of drug-likeness (QED) is 0.561. The lowest BCUT2D eigenvalue weighted by molar-refractivity contribution is -0.144. The molecule has 0 aliphatic carbocycles. The van der Waals surface area contributed by atoms with E-state index in [2.05, 4.69) is 16.7 Å². The van der Waals surface area contributed by atoms with Gasteiger partial charge in [-0.3, -0.25) is 9.69 Å². The maximum atomic E-state index is 11.2. The second-order valence-corrected chi connectivity index (χ2v) is 3.48. The summed E-state index contributed by atoms with van der Waals surface area (Å²) >= 11 is 0. The summed E-state index contributed by atoms with van der Waals surface area (Å²) in [6, 6.07) is 0. The number of rotatable bonds is 7. The summed E-state index contributed by atoms with van der Waals surface area (Å²) in [4.78, 5) is 15.4. The van der Waals surface area contributed by atoms with E-state index in [-0.39, 0.29) is 5.97 Å². The van der Waals surface area contributed by atoms with E-state index in [9.17, 15) is 4.79 Å². The van der Waals surface area contributed by atoms with Crippen molar-refractivity contribution in [1.82, 2.24) is 9.80 Å². The van der Waals surface area contributed by atoms with Crippen LogP contribution in [0.15, 0.2) is 0 Å². The second-order valence-electron chi connectivity index (χ2n) is 3.48. The number of hydrogen-bond donors (Lipinski definition) is 0. The number of hydrogen-bond acceptors (Lipinski definition) is 4. The molecule has 0 saturated carbocycles. The number of esters is 1. The summed E-state index contributed by atoms with van der Waals surface area (Å²) in [7, 11) is 4.05. The Bertz CT molecular complexity index is 160. The number of nitrogens with zero attached hydrogens (tertiary/aromatic N) is 2. The zero-order valence-electron chi connectivity index (χ0n) is 9.75. The molecule has 0 rings (SSSR count). The van der Waals surface area contributed by atoms with Gasteiger partial charge >= 0.3 is 5.97 Å². The minimum atomic E-state index is -0.131. The van der Waals surface area contributed by atoms with Crippen LogP contribution >= 0.6 is 0 Å². The van der Waals surface area contributed by atoms with E-state index in [1.165, 1.54) is 0 Å². The topological polar surface area (TPSA) is 32.8 Å². The molecule has 0 amide bonds. The Balaban J connectivity index is 3.72. The molecule has 0 spiro atoms. The van der Waals surface area contributed by atoms with E-state index in [1.54, 1.807) is 0 Å². The highest BCUT2D eigenvalue weighted by Gasteiger charge is 2.09. The maximum absolute atomic E-state index is 11.2. The third-order valence-corrected chi connectivity index (χ3v) is 1.97. The molecule has 0 atom stereocenters. The van der Waals surface area contributed by atoms with Crippen LogP contribution in [0.5, 0.6) is 0 Å². The third-order valence-electron chi connectivity index (χ3n) is 1.97. The van der Waals surface area contributed by atoms with Gasteiger partial charge in [-0.05, 0) is 27.6 Å². The zero-order valence-corrected chi connectivity index (χ0v) is 9.75. The molecule has 14 heavy (non-hydrogen) atoms. The summed E-state index contributed by atoms with van der Waals surface area (Å²) in [6.45, 7) is 7.49. The van der Waals surface area contributed by atoms with Gasteiger partial charge in [0.15, 0.2) is 0 Å². The van der Waals surface area contributed by atoms with Gasteiger partial charge in [-0.15, -0.1) is 0 Å². The third kappa shape index (κ3) is 6.86. The van der Waals surface area contributed by atoms with E-state index in [0.717, 1.165) is 19.6 Å². The molecule has 0 bridgehead atoms. The van der Waals surface area contributed by atoms with Gasteiger partial charge in [0.25, 0.3) is 0 Å². The molecule has 0 aromatic rings. The Kier molecular flexibility index (Phi) is 7.42. The monoisotopic (exact) mass is 202 g/mol. The van der Waals surface area contributed by atoms with Crippen molar-refractivity contribution < 1.29 is 9.53 Å². The van der Waals surface area contributed by atoms with Crippen molar-refractivity contribution in [2.75, 3.05) is 46.9 Å². The average Bonchev–Trinajstić information content (AvgIpc) is 2.12. The first kappa shape index (κ1) is 13.4. The first-order valence-corrected chi connectivity index (χ1v) is 5.12. The number of carbonyl (C=O) groups excluding carboxylic acids is 1. The van der Waals surface area contributed by atoms with Gasteiger partial charge in [-0.2, -0.15) is 0 Å². The Morgan fingerprint density at radius 2 is 1.86 bits per heavy atom. The van der Waals surface area contributed by atoms with E-state index in [1.807, 2.05) is 21.0 Å². The molecule has 0 heterocycles. The highest BCUT2D eigenvalue weighted by molar-refractivity contribution is 5.71. The van der Waals surface area contributed by atoms with Gasteiger partial charge in [0, 0.05) is 13.1 Å². The number of carbonyl (C=O) groups is 1. The van der Waals surface area contributed by atoms with Crippen molar-refractivity contribution in [3.63, 3.8) is 0 Å². The predicted molar refractivity (Wildman–Crippen MR) is 57.3 cm³/mol. The van der Waals surface area contributed by atoms with Gasteiger partial charge in [-0.25, -0.2) is 0 Å². The van der Waals surface area contributed by atoms with Crippen molar-refractivity contribution in [2.24, 2.45) is 0 Å². The summed E-state index contributed by atoms with van der Waals surface area (Å²) in [5.74, 6) is -0.131. The summed E-state index contributed by atoms with van der Waals surface area (Å²) < 4.78 is 4.89. The molecule has 0 N–H and O–H groups in total. The lowest BCUT2D eigenvalue weighted by Gasteiger charge is -2.21. The molecule has 4 heteroatoms. The van der Waals surface area contributed by atoms with Crippen LogP contribution in [-0.4, -0.2) is 62.7 Å². The van der Waals surface area contributed by atoms with Gasteiger partial charge < -0.3 is 9.64 Å². The molecule has 0 unspecified atom stereocenters. The molecule has 0 saturated heterocycles. The molecule has 0 aliphatic heterocycles. The van der Waals surface area contributed by atoms with E-state index < -0.39 is 0 Å². The standard InChI is InChI=1S/C10H22N2O2/c1-5-12(8-7-11(3)4)9-10(13)14-6-2/h5-9H2,1-4H3. The highest BCUT2D eigenvalue weighted by atomic mass is 16.5. The minimum Gasteiger partial charge on any atom is -0.465 e. The van der Waals surface area contributed by atoms with Crippen LogP contribution in [0, 0.1) is 0 Å². The molecule has 0 fully saturated rings. The smallest absolute Gasteiger partial charge is 0.320 e. The predicted octanol–water partition coefficient (Wildman–Crippen LogP) is 0.433. The Morgan fingerprint density at radius 3 is 2.29 bits per heavy atom. The summed E-state index contributed by atoms with van der Waals surface area (Å²) in [5, 5.41) is 0. The molecular formula is C10H22N2O2. The first-order valence-electron chi connectivity index (χ1n) is 5.12. The SMILES string of the molecule is CCOC(=O)CN(CC)CCN(C)C. The lowest BCUT2D eigenvalue weighted by Crippen LogP contribution is -2.36. The van der Waals surface area contributed by atoms with E-state index in [4.69, 9.17) is 4.74 Å². The van der Waals surface area contributed by atoms with Gasteiger partial charge in [0.1, 0.15) is 0 Å². The normalized spacial score (nSPS) is 11.0. The first-order chi connectivity index (χ1) is 6.60. The largest absolute Gasteiger partial charge is 0.465 e. The number of ether oxygens (including phenoxy) is 1. The molecule has 0 radical (unpaired) electrons. The van der Waals surface area contributed by atoms with Crippen LogP contribution in [0.4, 0.5) is 0 Å². The van der Waals surface area contributed by atoms with E-state index >= 15 is 0 Å².